The topological polar surface area (TPSA) is 207 Å². The molecule has 3 saturated heterocycles. The van der Waals surface area contributed by atoms with Gasteiger partial charge < -0.3 is 35.0 Å². The molecule has 2 aromatic carbocycles. The minimum absolute atomic E-state index is 0.0309. The maximum atomic E-state index is 15.7. The Morgan fingerprint density at radius 2 is 1.68 bits per heavy atom. The molecule has 0 radical (unpaired) electrons. The van der Waals surface area contributed by atoms with Crippen LogP contribution in [0.15, 0.2) is 36.5 Å². The number of hydrogen-bond donors (Lipinski definition) is 3. The molecule has 342 valence electrons. The van der Waals surface area contributed by atoms with Crippen molar-refractivity contribution in [1.82, 2.24) is 30.4 Å². The molecular formula is C44H47F3N10O8. The first kappa shape index (κ1) is 43.5. The molecule has 1 atom stereocenters. The Hall–Kier alpha value is -6.80. The third-order valence-corrected chi connectivity index (χ3v) is 13.3. The van der Waals surface area contributed by atoms with E-state index in [0.29, 0.717) is 64.0 Å². The summed E-state index contributed by atoms with van der Waals surface area (Å²) in [7, 11) is 2.59. The van der Waals surface area contributed by atoms with E-state index in [1.807, 2.05) is 4.90 Å². The van der Waals surface area contributed by atoms with Crippen molar-refractivity contribution in [2.75, 3.05) is 66.9 Å². The van der Waals surface area contributed by atoms with Crippen molar-refractivity contribution in [3.8, 4) is 5.75 Å². The van der Waals surface area contributed by atoms with Crippen molar-refractivity contribution in [1.29, 1.82) is 0 Å². The van der Waals surface area contributed by atoms with Crippen LogP contribution in [0.3, 0.4) is 0 Å². The monoisotopic (exact) mass is 900 g/mol. The molecule has 4 fully saturated rings. The van der Waals surface area contributed by atoms with E-state index in [-0.39, 0.29) is 82.3 Å². The Kier molecular flexibility index (Phi) is 11.3. The van der Waals surface area contributed by atoms with E-state index < -0.39 is 59.8 Å². The van der Waals surface area contributed by atoms with Crippen LogP contribution >= 0.6 is 0 Å². The lowest BCUT2D eigenvalue weighted by molar-refractivity contribution is -0.140. The van der Waals surface area contributed by atoms with Crippen molar-refractivity contribution >= 4 is 70.2 Å². The van der Waals surface area contributed by atoms with Crippen molar-refractivity contribution in [2.24, 2.45) is 5.92 Å². The number of methoxy groups -OCH3 is 1. The van der Waals surface area contributed by atoms with E-state index >= 15 is 13.2 Å². The fraction of sp³-hybridized carbons (Fsp3) is 0.477. The number of amides is 7. The van der Waals surface area contributed by atoms with Gasteiger partial charge in [-0.3, -0.25) is 43.8 Å². The highest BCUT2D eigenvalue weighted by Crippen LogP contribution is 2.41. The number of carbonyl (C=O) groups is 7. The van der Waals surface area contributed by atoms with Crippen LogP contribution in [0.2, 0.25) is 0 Å². The normalized spacial score (nSPS) is 21.5. The van der Waals surface area contributed by atoms with Crippen LogP contribution in [0, 0.1) is 11.7 Å². The number of piperidine rings is 2. The molecule has 65 heavy (non-hydrogen) atoms. The number of rotatable bonds is 10. The average Bonchev–Trinajstić information content (AvgIpc) is 3.88. The third kappa shape index (κ3) is 8.15. The maximum absolute atomic E-state index is 15.7. The molecule has 1 aromatic heterocycles. The lowest BCUT2D eigenvalue weighted by Crippen LogP contribution is -2.54. The standard InChI is InChI=1S/C44H47F3N10O8/c1-53-33-19-48-43(52-37(33)56(25-5-3-4-6-25)22-44(46,47)42(53)64)50-31-18-30(45)29(17-34(31)65-2)38(60)49-24-11-13-54(14-12-24)36(59)15-23-20-55(21-23)26-7-8-27-28(16-26)41(63)57(40(27)62)32-9-10-35(58)51-39(32)61/h7-8,16-19,23-25,32H,3-6,9-15,20-22H2,1-2H3,(H,49,60)(H,48,50,52)(H,51,58,61). The fourth-order valence-electron chi connectivity index (χ4n) is 9.70. The highest BCUT2D eigenvalue weighted by atomic mass is 19.3. The predicted octanol–water partition coefficient (Wildman–Crippen LogP) is 3.38. The van der Waals surface area contributed by atoms with E-state index in [1.54, 1.807) is 23.1 Å². The summed E-state index contributed by atoms with van der Waals surface area (Å²) in [5.41, 5.74) is 1.02. The number of hydrogen-bond acceptors (Lipinski definition) is 13. The summed E-state index contributed by atoms with van der Waals surface area (Å²) in [6, 6.07) is 5.59. The summed E-state index contributed by atoms with van der Waals surface area (Å²) in [6.45, 7) is 1.05. The van der Waals surface area contributed by atoms with Gasteiger partial charge in [-0.1, -0.05) is 12.8 Å². The minimum Gasteiger partial charge on any atom is -0.495 e. The van der Waals surface area contributed by atoms with Crippen LogP contribution in [-0.2, 0) is 19.2 Å². The first-order valence-corrected chi connectivity index (χ1v) is 21.7. The number of halogens is 3. The number of imide groups is 2. The van der Waals surface area contributed by atoms with E-state index in [1.165, 1.54) is 31.3 Å². The number of benzene rings is 2. The Labute approximate surface area is 370 Å². The van der Waals surface area contributed by atoms with Crippen LogP contribution in [0.5, 0.6) is 5.75 Å². The van der Waals surface area contributed by atoms with Crippen LogP contribution in [0.1, 0.15) is 88.9 Å². The largest absolute Gasteiger partial charge is 0.495 e. The van der Waals surface area contributed by atoms with Crippen molar-refractivity contribution in [2.45, 2.75) is 81.8 Å². The van der Waals surface area contributed by atoms with Gasteiger partial charge in [0.25, 0.3) is 23.6 Å². The average molecular weight is 901 g/mol. The summed E-state index contributed by atoms with van der Waals surface area (Å²) < 4.78 is 51.3. The molecule has 1 saturated carbocycles. The second-order valence-electron chi connectivity index (χ2n) is 17.5. The number of nitrogens with zero attached hydrogens (tertiary/aromatic N) is 7. The zero-order chi connectivity index (χ0) is 45.9. The molecule has 7 amide bonds. The highest BCUT2D eigenvalue weighted by molar-refractivity contribution is 6.23. The molecule has 1 aliphatic carbocycles. The van der Waals surface area contributed by atoms with Gasteiger partial charge in [-0.25, -0.2) is 9.37 Å². The van der Waals surface area contributed by atoms with Gasteiger partial charge in [0.15, 0.2) is 5.82 Å². The molecule has 3 aromatic rings. The van der Waals surface area contributed by atoms with E-state index in [4.69, 9.17) is 4.74 Å². The number of anilines is 5. The van der Waals surface area contributed by atoms with E-state index in [0.717, 1.165) is 28.7 Å². The van der Waals surface area contributed by atoms with Crippen LogP contribution in [0.4, 0.5) is 42.0 Å². The molecule has 21 heteroatoms. The number of aromatic nitrogens is 2. The van der Waals surface area contributed by atoms with Gasteiger partial charge >= 0.3 is 5.92 Å². The first-order valence-electron chi connectivity index (χ1n) is 21.7. The number of fused-ring (bicyclic) bond motifs is 2. The summed E-state index contributed by atoms with van der Waals surface area (Å²) in [6.07, 6.45) is 5.60. The summed E-state index contributed by atoms with van der Waals surface area (Å²) in [4.78, 5) is 105. The Morgan fingerprint density at radius 1 is 0.954 bits per heavy atom. The quantitative estimate of drug-likeness (QED) is 0.250. The van der Waals surface area contributed by atoms with Crippen LogP contribution in [-0.4, -0.2) is 132 Å². The zero-order valence-electron chi connectivity index (χ0n) is 35.7. The van der Waals surface area contributed by atoms with E-state index in [2.05, 4.69) is 25.9 Å². The van der Waals surface area contributed by atoms with Crippen molar-refractivity contribution in [3.63, 3.8) is 0 Å². The Bertz CT molecular complexity index is 2510. The number of nitrogens with one attached hydrogen (secondary N) is 3. The predicted molar refractivity (Wildman–Crippen MR) is 227 cm³/mol. The summed E-state index contributed by atoms with van der Waals surface area (Å²) in [5.74, 6) is -8.63. The highest BCUT2D eigenvalue weighted by Gasteiger charge is 2.49. The molecule has 1 unspecified atom stereocenters. The van der Waals surface area contributed by atoms with Gasteiger partial charge in [0.1, 0.15) is 23.3 Å². The number of likely N-dealkylation sites (tertiary alicyclic amines) is 1. The molecule has 5 aliphatic heterocycles. The number of alkyl halides is 2. The van der Waals surface area contributed by atoms with Gasteiger partial charge in [-0.15, -0.1) is 0 Å². The summed E-state index contributed by atoms with van der Waals surface area (Å²) in [5, 5.41) is 7.96. The van der Waals surface area contributed by atoms with Crippen LogP contribution in [0.25, 0.3) is 0 Å². The smallest absolute Gasteiger partial charge is 0.342 e. The molecule has 3 N–H and O–H groups in total. The second kappa shape index (κ2) is 17.0. The fourth-order valence-corrected chi connectivity index (χ4v) is 9.70. The SMILES string of the molecule is COc1cc(C(=O)NC2CCN(C(=O)CC3CN(c4ccc5c(c4)C(=O)N(C4CCC(=O)NC4=O)C5=O)C3)CC2)c(F)cc1Nc1ncc2c(n1)N(C1CCCC1)CC(F)(F)C(=O)N2C. The Morgan fingerprint density at radius 3 is 2.38 bits per heavy atom. The van der Waals surface area contributed by atoms with E-state index in [9.17, 15) is 33.6 Å². The zero-order valence-corrected chi connectivity index (χ0v) is 35.7. The Balaban J connectivity index is 0.772. The van der Waals surface area contributed by atoms with Crippen molar-refractivity contribution < 1.29 is 51.5 Å². The molecule has 6 heterocycles. The van der Waals surface area contributed by atoms with Crippen molar-refractivity contribution in [3.05, 3.63) is 59.0 Å². The minimum atomic E-state index is -3.65. The van der Waals surface area contributed by atoms with Gasteiger partial charge in [0.2, 0.25) is 23.7 Å². The molecule has 6 aliphatic rings. The molecule has 9 rings (SSSR count). The van der Waals surface area contributed by atoms with Gasteiger partial charge in [-0.05, 0) is 56.4 Å². The summed E-state index contributed by atoms with van der Waals surface area (Å²) >= 11 is 0. The van der Waals surface area contributed by atoms with Gasteiger partial charge in [0, 0.05) is 75.8 Å². The van der Waals surface area contributed by atoms with Crippen LogP contribution < -0.4 is 35.4 Å². The lowest BCUT2D eigenvalue weighted by atomic mass is 9.93. The van der Waals surface area contributed by atoms with Gasteiger partial charge in [-0.2, -0.15) is 13.8 Å². The second-order valence-corrected chi connectivity index (χ2v) is 17.5. The lowest BCUT2D eigenvalue weighted by Gasteiger charge is -2.42. The number of ether oxygens (including phenoxy) is 1. The third-order valence-electron chi connectivity index (χ3n) is 13.3. The molecular weight excluding hydrogens is 854 g/mol. The molecule has 0 spiro atoms. The maximum Gasteiger partial charge on any atom is 0.342 e. The molecule has 18 nitrogen and oxygen atoms in total. The first-order chi connectivity index (χ1) is 31.1. The molecule has 0 bridgehead atoms. The number of carbonyl (C=O) groups excluding carboxylic acids is 7. The van der Waals surface area contributed by atoms with Gasteiger partial charge in [0.05, 0.1) is 42.2 Å².